The fraction of sp³-hybridized carbons (Fsp3) is 0.308. The minimum absolute atomic E-state index is 0.105. The summed E-state index contributed by atoms with van der Waals surface area (Å²) in [7, 11) is 0. The number of ether oxygens (including phenoxy) is 1. The molecule has 2 N–H and O–H groups in total. The molecule has 0 radical (unpaired) electrons. The highest BCUT2D eigenvalue weighted by Crippen LogP contribution is 2.31. The number of hydrogen-bond acceptors (Lipinski definition) is 6. The van der Waals surface area contributed by atoms with Crippen molar-refractivity contribution in [2.45, 2.75) is 13.8 Å². The van der Waals surface area contributed by atoms with E-state index in [4.69, 9.17) is 22.1 Å². The summed E-state index contributed by atoms with van der Waals surface area (Å²) in [4.78, 5) is 14.3. The molecule has 0 saturated heterocycles. The third kappa shape index (κ3) is 3.95. The Hall–Kier alpha value is -1.60. The third-order valence-corrected chi connectivity index (χ3v) is 3.57. The van der Waals surface area contributed by atoms with Crippen LogP contribution in [0.1, 0.15) is 13.8 Å². The first-order valence-corrected chi connectivity index (χ1v) is 7.60. The lowest BCUT2D eigenvalue weighted by Gasteiger charge is -2.18. The number of nitrogen functional groups attached to an aromatic ring is 1. The lowest BCUT2D eigenvalue weighted by molar-refractivity contribution is 0.440. The van der Waals surface area contributed by atoms with Crippen LogP contribution in [0.15, 0.2) is 22.7 Å². The molecule has 1 aromatic carbocycles. The van der Waals surface area contributed by atoms with Crippen LogP contribution in [-0.2, 0) is 0 Å². The van der Waals surface area contributed by atoms with Gasteiger partial charge in [0.25, 0.3) is 0 Å². The van der Waals surface area contributed by atoms with Crippen LogP contribution < -0.4 is 15.4 Å². The van der Waals surface area contributed by atoms with E-state index in [0.717, 1.165) is 17.6 Å². The van der Waals surface area contributed by atoms with E-state index in [-0.39, 0.29) is 12.0 Å². The largest absolute Gasteiger partial charge is 0.422 e. The Kier molecular flexibility index (Phi) is 5.19. The summed E-state index contributed by atoms with van der Waals surface area (Å²) in [6, 6.07) is 5.39. The maximum atomic E-state index is 6.08. The number of rotatable bonds is 5. The molecule has 112 valence electrons. The first-order chi connectivity index (χ1) is 10.0. The molecule has 0 fully saturated rings. The number of halogens is 2. The minimum Gasteiger partial charge on any atom is -0.422 e. The molecule has 21 heavy (non-hydrogen) atoms. The van der Waals surface area contributed by atoms with E-state index < -0.39 is 0 Å². The summed E-state index contributed by atoms with van der Waals surface area (Å²) in [5, 5.41) is 0.460. The Morgan fingerprint density at radius 1 is 1.24 bits per heavy atom. The van der Waals surface area contributed by atoms with Crippen molar-refractivity contribution < 1.29 is 4.74 Å². The number of aromatic nitrogens is 3. The molecule has 0 aliphatic heterocycles. The summed E-state index contributed by atoms with van der Waals surface area (Å²) >= 11 is 9.44. The summed E-state index contributed by atoms with van der Waals surface area (Å²) < 4.78 is 6.46. The molecule has 0 aliphatic rings. The van der Waals surface area contributed by atoms with Crippen LogP contribution in [0.4, 0.5) is 11.9 Å². The molecule has 0 saturated carbocycles. The van der Waals surface area contributed by atoms with E-state index in [2.05, 4.69) is 30.9 Å². The minimum atomic E-state index is 0.105. The second-order valence-corrected chi connectivity index (χ2v) is 5.45. The average molecular weight is 373 g/mol. The molecule has 1 aromatic heterocycles. The van der Waals surface area contributed by atoms with Crippen molar-refractivity contribution in [3.63, 3.8) is 0 Å². The number of nitrogens with two attached hydrogens (primary N) is 1. The summed E-state index contributed by atoms with van der Waals surface area (Å²) in [6.45, 7) is 5.54. The molecule has 2 aromatic rings. The van der Waals surface area contributed by atoms with Crippen LogP contribution in [-0.4, -0.2) is 28.0 Å². The third-order valence-electron chi connectivity index (χ3n) is 2.76. The Morgan fingerprint density at radius 2 is 1.95 bits per heavy atom. The number of anilines is 2. The van der Waals surface area contributed by atoms with Gasteiger partial charge >= 0.3 is 6.01 Å². The fourth-order valence-electron chi connectivity index (χ4n) is 1.71. The molecule has 0 aliphatic carbocycles. The van der Waals surface area contributed by atoms with Gasteiger partial charge < -0.3 is 15.4 Å². The van der Waals surface area contributed by atoms with Gasteiger partial charge in [0.1, 0.15) is 0 Å². The number of hydrogen-bond donors (Lipinski definition) is 1. The maximum Gasteiger partial charge on any atom is 0.328 e. The Balaban J connectivity index is 2.34. The summed E-state index contributed by atoms with van der Waals surface area (Å²) in [5.74, 6) is 1.03. The van der Waals surface area contributed by atoms with E-state index in [1.165, 1.54) is 0 Å². The molecular formula is C13H15BrClN5O. The molecule has 0 atom stereocenters. The molecule has 0 spiro atoms. The van der Waals surface area contributed by atoms with Crippen molar-refractivity contribution in [1.82, 2.24) is 15.0 Å². The Bertz CT molecular complexity index is 636. The van der Waals surface area contributed by atoms with Crippen LogP contribution in [0.2, 0.25) is 5.02 Å². The second-order valence-electron chi connectivity index (χ2n) is 4.13. The van der Waals surface area contributed by atoms with Crippen LogP contribution in [0, 0.1) is 0 Å². The Labute approximate surface area is 136 Å². The van der Waals surface area contributed by atoms with Crippen molar-refractivity contribution in [3.05, 3.63) is 27.7 Å². The summed E-state index contributed by atoms with van der Waals surface area (Å²) in [6.07, 6.45) is 0. The lowest BCUT2D eigenvalue weighted by Crippen LogP contribution is -2.25. The van der Waals surface area contributed by atoms with Crippen LogP contribution in [0.5, 0.6) is 11.8 Å². The van der Waals surface area contributed by atoms with Crippen molar-refractivity contribution >= 4 is 39.4 Å². The van der Waals surface area contributed by atoms with Gasteiger partial charge in [0.2, 0.25) is 11.9 Å². The van der Waals surface area contributed by atoms with Crippen molar-refractivity contribution in [2.24, 2.45) is 0 Å². The number of benzene rings is 1. The lowest BCUT2D eigenvalue weighted by atomic mass is 10.3. The number of nitrogens with zero attached hydrogens (tertiary/aromatic N) is 4. The predicted octanol–water partition coefficient (Wildman–Crippen LogP) is 3.51. The predicted molar refractivity (Wildman–Crippen MR) is 87.0 cm³/mol. The van der Waals surface area contributed by atoms with Crippen molar-refractivity contribution in [2.75, 3.05) is 23.7 Å². The average Bonchev–Trinajstić information content (AvgIpc) is 2.44. The zero-order valence-electron chi connectivity index (χ0n) is 11.7. The molecule has 6 nitrogen and oxygen atoms in total. The van der Waals surface area contributed by atoms with E-state index in [1.54, 1.807) is 12.1 Å². The molecule has 0 unspecified atom stereocenters. The molecular weight excluding hydrogens is 358 g/mol. The van der Waals surface area contributed by atoms with Crippen LogP contribution in [0.3, 0.4) is 0 Å². The van der Waals surface area contributed by atoms with Gasteiger partial charge in [-0.2, -0.15) is 15.0 Å². The SMILES string of the molecule is CCN(CC)c1nc(N)nc(Oc2cc(Br)ccc2Cl)n1. The standard InChI is InChI=1S/C13H15BrClN5O/c1-3-20(4-2)12-17-11(16)18-13(19-12)21-10-7-8(14)5-6-9(10)15/h5-7H,3-4H2,1-2H3,(H2,16,17,18,19). The van der Waals surface area contributed by atoms with E-state index in [1.807, 2.05) is 24.8 Å². The van der Waals surface area contributed by atoms with Crippen molar-refractivity contribution in [1.29, 1.82) is 0 Å². The van der Waals surface area contributed by atoms with E-state index in [0.29, 0.717) is 16.7 Å². The summed E-state index contributed by atoms with van der Waals surface area (Å²) in [5.41, 5.74) is 5.72. The monoisotopic (exact) mass is 371 g/mol. The van der Waals surface area contributed by atoms with Gasteiger partial charge in [0.05, 0.1) is 5.02 Å². The quantitative estimate of drug-likeness (QED) is 0.865. The topological polar surface area (TPSA) is 77.2 Å². The first-order valence-electron chi connectivity index (χ1n) is 6.42. The van der Waals surface area contributed by atoms with E-state index >= 15 is 0 Å². The van der Waals surface area contributed by atoms with Gasteiger partial charge in [-0.05, 0) is 32.0 Å². The normalized spacial score (nSPS) is 10.5. The van der Waals surface area contributed by atoms with Crippen LogP contribution >= 0.6 is 27.5 Å². The second kappa shape index (κ2) is 6.91. The highest BCUT2D eigenvalue weighted by molar-refractivity contribution is 9.10. The first kappa shape index (κ1) is 15.8. The fourth-order valence-corrected chi connectivity index (χ4v) is 2.20. The molecule has 8 heteroatoms. The van der Waals surface area contributed by atoms with Gasteiger partial charge in [-0.1, -0.05) is 27.5 Å². The van der Waals surface area contributed by atoms with Crippen molar-refractivity contribution in [3.8, 4) is 11.8 Å². The Morgan fingerprint density at radius 3 is 2.62 bits per heavy atom. The van der Waals surface area contributed by atoms with Gasteiger partial charge in [-0.3, -0.25) is 0 Å². The zero-order valence-corrected chi connectivity index (χ0v) is 14.0. The smallest absolute Gasteiger partial charge is 0.328 e. The molecule has 2 rings (SSSR count). The maximum absolute atomic E-state index is 6.08. The van der Waals surface area contributed by atoms with Gasteiger partial charge in [0.15, 0.2) is 5.75 Å². The molecule has 0 amide bonds. The zero-order chi connectivity index (χ0) is 15.4. The highest BCUT2D eigenvalue weighted by atomic mass is 79.9. The highest BCUT2D eigenvalue weighted by Gasteiger charge is 2.12. The van der Waals surface area contributed by atoms with Crippen LogP contribution in [0.25, 0.3) is 0 Å². The van der Waals surface area contributed by atoms with Gasteiger partial charge in [0, 0.05) is 17.6 Å². The van der Waals surface area contributed by atoms with Gasteiger partial charge in [-0.15, -0.1) is 0 Å². The van der Waals surface area contributed by atoms with E-state index in [9.17, 15) is 0 Å². The molecule has 1 heterocycles. The molecule has 0 bridgehead atoms. The van der Waals surface area contributed by atoms with Gasteiger partial charge in [-0.25, -0.2) is 0 Å².